The molecule has 0 aliphatic carbocycles. The first-order valence-corrected chi connectivity index (χ1v) is 8.06. The van der Waals surface area contributed by atoms with E-state index in [4.69, 9.17) is 9.15 Å². The lowest BCUT2D eigenvalue weighted by Crippen LogP contribution is -2.45. The summed E-state index contributed by atoms with van der Waals surface area (Å²) in [5.41, 5.74) is 0.871. The molecule has 1 fully saturated rings. The van der Waals surface area contributed by atoms with Gasteiger partial charge in [0.05, 0.1) is 19.8 Å². The van der Waals surface area contributed by atoms with Crippen LogP contribution in [0.25, 0.3) is 11.5 Å². The van der Waals surface area contributed by atoms with E-state index in [1.54, 1.807) is 7.11 Å². The van der Waals surface area contributed by atoms with Gasteiger partial charge in [-0.15, -0.1) is 10.2 Å². The maximum Gasteiger partial charge on any atom is 0.247 e. The second-order valence-electron chi connectivity index (χ2n) is 6.00. The average Bonchev–Trinajstić information content (AvgIpc) is 3.04. The van der Waals surface area contributed by atoms with Crippen LogP contribution in [-0.4, -0.2) is 46.0 Å². The van der Waals surface area contributed by atoms with Gasteiger partial charge in [-0.25, -0.2) is 0 Å². The monoisotopic (exact) mass is 317 g/mol. The van der Waals surface area contributed by atoms with E-state index in [1.807, 2.05) is 31.2 Å². The molecule has 1 saturated heterocycles. The van der Waals surface area contributed by atoms with Crippen LogP contribution in [0, 0.1) is 0 Å². The van der Waals surface area contributed by atoms with Crippen LogP contribution >= 0.6 is 0 Å². The van der Waals surface area contributed by atoms with Gasteiger partial charge < -0.3 is 14.3 Å². The van der Waals surface area contributed by atoms with E-state index in [-0.39, 0.29) is 12.1 Å². The van der Waals surface area contributed by atoms with Gasteiger partial charge in [0.1, 0.15) is 5.75 Å². The Morgan fingerprint density at radius 1 is 1.30 bits per heavy atom. The van der Waals surface area contributed by atoms with Crippen molar-refractivity contribution in [1.82, 2.24) is 15.1 Å². The van der Waals surface area contributed by atoms with Crippen molar-refractivity contribution in [3.63, 3.8) is 0 Å². The lowest BCUT2D eigenvalue weighted by molar-refractivity contribution is 0.0271. The van der Waals surface area contributed by atoms with E-state index in [0.29, 0.717) is 18.3 Å². The van der Waals surface area contributed by atoms with Gasteiger partial charge in [0.15, 0.2) is 0 Å². The summed E-state index contributed by atoms with van der Waals surface area (Å²) in [4.78, 5) is 2.24. The summed E-state index contributed by atoms with van der Waals surface area (Å²) in [6, 6.07) is 7.70. The molecule has 0 amide bonds. The summed E-state index contributed by atoms with van der Waals surface area (Å²) in [6.45, 7) is 3.38. The van der Waals surface area contributed by atoms with Crippen LogP contribution in [0.1, 0.15) is 32.1 Å². The first-order valence-electron chi connectivity index (χ1n) is 8.06. The molecule has 6 nitrogen and oxygen atoms in total. The first kappa shape index (κ1) is 16.0. The number of hydrogen-bond acceptors (Lipinski definition) is 6. The quantitative estimate of drug-likeness (QED) is 0.913. The molecular formula is C17H23N3O3. The third-order valence-corrected chi connectivity index (χ3v) is 4.36. The predicted molar refractivity (Wildman–Crippen MR) is 86.0 cm³/mol. The number of methoxy groups -OCH3 is 1. The molecule has 1 aliphatic heterocycles. The van der Waals surface area contributed by atoms with Gasteiger partial charge >= 0.3 is 0 Å². The average molecular weight is 317 g/mol. The van der Waals surface area contributed by atoms with E-state index in [0.717, 1.165) is 37.1 Å². The normalized spacial score (nSPS) is 20.4. The van der Waals surface area contributed by atoms with Crippen LogP contribution in [0.2, 0.25) is 0 Å². The number of ether oxygens (including phenoxy) is 1. The largest absolute Gasteiger partial charge is 0.497 e. The molecule has 23 heavy (non-hydrogen) atoms. The minimum Gasteiger partial charge on any atom is -0.497 e. The van der Waals surface area contributed by atoms with Crippen LogP contribution in [0.4, 0.5) is 0 Å². The summed E-state index contributed by atoms with van der Waals surface area (Å²) >= 11 is 0. The number of rotatable bonds is 5. The number of aromatic nitrogens is 2. The Balaban J connectivity index is 1.71. The van der Waals surface area contributed by atoms with Gasteiger partial charge in [0, 0.05) is 11.6 Å². The Hall–Kier alpha value is -1.92. The molecule has 1 aromatic heterocycles. The predicted octanol–water partition coefficient (Wildman–Crippen LogP) is 2.48. The van der Waals surface area contributed by atoms with Gasteiger partial charge in [0.25, 0.3) is 0 Å². The van der Waals surface area contributed by atoms with E-state index >= 15 is 0 Å². The molecule has 0 saturated carbocycles. The molecule has 2 aromatic rings. The van der Waals surface area contributed by atoms with Crippen molar-refractivity contribution in [1.29, 1.82) is 0 Å². The maximum atomic E-state index is 9.94. The Morgan fingerprint density at radius 3 is 2.78 bits per heavy atom. The fraction of sp³-hybridized carbons (Fsp3) is 0.529. The maximum absolute atomic E-state index is 9.94. The van der Waals surface area contributed by atoms with Gasteiger partial charge in [-0.3, -0.25) is 4.90 Å². The van der Waals surface area contributed by atoms with Gasteiger partial charge in [-0.2, -0.15) is 0 Å². The van der Waals surface area contributed by atoms with Crippen LogP contribution in [0.15, 0.2) is 28.7 Å². The fourth-order valence-corrected chi connectivity index (χ4v) is 3.10. The Morgan fingerprint density at radius 2 is 2.09 bits per heavy atom. The molecule has 1 aromatic carbocycles. The van der Waals surface area contributed by atoms with Crippen LogP contribution < -0.4 is 4.74 Å². The van der Waals surface area contributed by atoms with E-state index < -0.39 is 0 Å². The summed E-state index contributed by atoms with van der Waals surface area (Å²) in [5.74, 6) is 1.89. The lowest BCUT2D eigenvalue weighted by Gasteiger charge is -2.36. The first-order chi connectivity index (χ1) is 11.2. The molecule has 124 valence electrons. The van der Waals surface area contributed by atoms with Crippen molar-refractivity contribution >= 4 is 0 Å². The highest BCUT2D eigenvalue weighted by Gasteiger charge is 2.27. The molecule has 2 atom stereocenters. The Kier molecular flexibility index (Phi) is 4.93. The summed E-state index contributed by atoms with van der Waals surface area (Å²) in [6.07, 6.45) is 2.96. The van der Waals surface area contributed by atoms with Crippen molar-refractivity contribution in [2.45, 2.75) is 44.9 Å². The SMILES string of the molecule is COc1ccc(-c2nnc(CN3CCCCC3C(C)O)o2)cc1. The van der Waals surface area contributed by atoms with Crippen LogP contribution in [0.3, 0.4) is 0 Å². The second kappa shape index (κ2) is 7.10. The van der Waals surface area contributed by atoms with Gasteiger partial charge in [-0.1, -0.05) is 6.42 Å². The highest BCUT2D eigenvalue weighted by atomic mass is 16.5. The minimum atomic E-state index is -0.348. The van der Waals surface area contributed by atoms with E-state index in [2.05, 4.69) is 15.1 Å². The number of aliphatic hydroxyl groups excluding tert-OH is 1. The zero-order valence-corrected chi connectivity index (χ0v) is 13.6. The number of aliphatic hydroxyl groups is 1. The molecule has 0 radical (unpaired) electrons. The number of nitrogens with zero attached hydrogens (tertiary/aromatic N) is 3. The molecule has 2 heterocycles. The Bertz CT molecular complexity index is 624. The smallest absolute Gasteiger partial charge is 0.247 e. The lowest BCUT2D eigenvalue weighted by atomic mass is 9.98. The topological polar surface area (TPSA) is 71.6 Å². The highest BCUT2D eigenvalue weighted by Crippen LogP contribution is 2.24. The summed E-state index contributed by atoms with van der Waals surface area (Å²) < 4.78 is 10.9. The molecular weight excluding hydrogens is 294 g/mol. The molecule has 0 bridgehead atoms. The van der Waals surface area contributed by atoms with Gasteiger partial charge in [0.2, 0.25) is 11.8 Å². The summed E-state index contributed by atoms with van der Waals surface area (Å²) in [5, 5.41) is 18.2. The third-order valence-electron chi connectivity index (χ3n) is 4.36. The van der Waals surface area contributed by atoms with Gasteiger partial charge in [-0.05, 0) is 50.6 Å². The zero-order chi connectivity index (χ0) is 16.2. The third kappa shape index (κ3) is 3.71. The minimum absolute atomic E-state index is 0.167. The standard InChI is InChI=1S/C17H23N3O3/c1-12(21)15-5-3-4-10-20(15)11-16-18-19-17(23-16)13-6-8-14(22-2)9-7-13/h6-9,12,15,21H,3-5,10-11H2,1-2H3. The van der Waals surface area contributed by atoms with Crippen molar-refractivity contribution in [3.8, 4) is 17.2 Å². The molecule has 1 N–H and O–H groups in total. The van der Waals surface area contributed by atoms with Crippen molar-refractivity contribution < 1.29 is 14.3 Å². The van der Waals surface area contributed by atoms with Crippen molar-refractivity contribution in [2.75, 3.05) is 13.7 Å². The molecule has 6 heteroatoms. The highest BCUT2D eigenvalue weighted by molar-refractivity contribution is 5.53. The summed E-state index contributed by atoms with van der Waals surface area (Å²) in [7, 11) is 1.64. The van der Waals surface area contributed by atoms with Crippen LogP contribution in [-0.2, 0) is 6.54 Å². The molecule has 0 spiro atoms. The number of benzene rings is 1. The van der Waals surface area contributed by atoms with Crippen molar-refractivity contribution in [2.24, 2.45) is 0 Å². The van der Waals surface area contributed by atoms with Crippen LogP contribution in [0.5, 0.6) is 5.75 Å². The Labute approximate surface area is 136 Å². The molecule has 2 unspecified atom stereocenters. The number of piperidine rings is 1. The van der Waals surface area contributed by atoms with E-state index in [9.17, 15) is 5.11 Å². The number of likely N-dealkylation sites (tertiary alicyclic amines) is 1. The zero-order valence-electron chi connectivity index (χ0n) is 13.6. The van der Waals surface area contributed by atoms with Crippen molar-refractivity contribution in [3.05, 3.63) is 30.2 Å². The van der Waals surface area contributed by atoms with E-state index in [1.165, 1.54) is 0 Å². The number of hydrogen-bond donors (Lipinski definition) is 1. The fourth-order valence-electron chi connectivity index (χ4n) is 3.10. The molecule has 3 rings (SSSR count). The second-order valence-corrected chi connectivity index (χ2v) is 6.00. The molecule has 1 aliphatic rings.